The van der Waals surface area contributed by atoms with E-state index in [0.717, 1.165) is 116 Å². The number of hydrogen-bond donors (Lipinski definition) is 2. The second kappa shape index (κ2) is 46.6. The number of esters is 2. The molecule has 63 heavy (non-hydrogen) atoms. The Kier molecular flexibility index (Phi) is 45.1. The molecular weight excluding hydrogens is 787 g/mol. The summed E-state index contributed by atoms with van der Waals surface area (Å²) in [6.45, 7) is 20.0. The number of unbranched alkanes of at least 4 members (excludes halogenated alkanes) is 19. The molecule has 0 aliphatic rings. The molecule has 0 bridgehead atoms. The minimum Gasteiger partial charge on any atom is -0.465 e. The first-order valence-corrected chi connectivity index (χ1v) is 27.0. The van der Waals surface area contributed by atoms with Crippen LogP contribution in [0, 0.1) is 11.8 Å². The summed E-state index contributed by atoms with van der Waals surface area (Å²) in [5, 5.41) is 13.2. The topological polar surface area (TPSA) is 108 Å². The first-order chi connectivity index (χ1) is 30.7. The van der Waals surface area contributed by atoms with E-state index in [1.807, 2.05) is 0 Å². The highest BCUT2D eigenvalue weighted by Crippen LogP contribution is 2.19. The second-order valence-corrected chi connectivity index (χ2v) is 19.1. The summed E-state index contributed by atoms with van der Waals surface area (Å²) in [6.07, 6.45) is 36.1. The van der Waals surface area contributed by atoms with Crippen molar-refractivity contribution in [2.75, 3.05) is 65.6 Å². The Morgan fingerprint density at radius 1 is 0.492 bits per heavy atom. The lowest BCUT2D eigenvalue weighted by atomic mass is 9.94. The quantitative estimate of drug-likeness (QED) is 0.0353. The fraction of sp³-hybridized carbons (Fsp3) is 0.907. The summed E-state index contributed by atoms with van der Waals surface area (Å²) in [4.78, 5) is 42.8. The molecule has 0 heterocycles. The van der Waals surface area contributed by atoms with Crippen molar-refractivity contribution in [1.82, 2.24) is 15.1 Å². The molecule has 1 amide bonds. The van der Waals surface area contributed by atoms with Gasteiger partial charge < -0.3 is 19.9 Å². The van der Waals surface area contributed by atoms with Crippen molar-refractivity contribution in [3.63, 3.8) is 0 Å². The lowest BCUT2D eigenvalue weighted by Crippen LogP contribution is -2.38. The van der Waals surface area contributed by atoms with E-state index in [1.165, 1.54) is 108 Å². The molecule has 0 radical (unpaired) electrons. The number of nitrogens with zero attached hydrogens (tertiary/aromatic N) is 2. The number of ether oxygens (including phenoxy) is 2. The van der Waals surface area contributed by atoms with E-state index < -0.39 is 0 Å². The number of amides is 1. The molecule has 0 aromatic heterocycles. The van der Waals surface area contributed by atoms with Crippen LogP contribution >= 0.6 is 0 Å². The van der Waals surface area contributed by atoms with Crippen LogP contribution in [0.3, 0.4) is 0 Å². The average molecular weight is 892 g/mol. The summed E-state index contributed by atoms with van der Waals surface area (Å²) in [7, 11) is 0. The zero-order valence-electron chi connectivity index (χ0n) is 42.6. The Bertz CT molecular complexity index is 1040. The van der Waals surface area contributed by atoms with Crippen molar-refractivity contribution >= 4 is 17.8 Å². The van der Waals surface area contributed by atoms with Crippen molar-refractivity contribution in [1.29, 1.82) is 0 Å². The van der Waals surface area contributed by atoms with Crippen LogP contribution < -0.4 is 5.32 Å². The number of hydrogen-bond acceptors (Lipinski definition) is 8. The Balaban J connectivity index is 4.93. The Hall–Kier alpha value is -1.97. The summed E-state index contributed by atoms with van der Waals surface area (Å²) >= 11 is 0. The predicted molar refractivity (Wildman–Crippen MR) is 267 cm³/mol. The zero-order chi connectivity index (χ0) is 46.4. The van der Waals surface area contributed by atoms with Gasteiger partial charge in [0.25, 0.3) is 0 Å². The molecule has 0 fully saturated rings. The van der Waals surface area contributed by atoms with Crippen LogP contribution in [0.5, 0.6) is 0 Å². The minimum atomic E-state index is -0.151. The molecule has 0 aliphatic carbocycles. The minimum absolute atomic E-state index is 0.0119. The van der Waals surface area contributed by atoms with Gasteiger partial charge in [0.1, 0.15) is 0 Å². The third kappa shape index (κ3) is 42.4. The van der Waals surface area contributed by atoms with Gasteiger partial charge in [-0.25, -0.2) is 0 Å². The summed E-state index contributed by atoms with van der Waals surface area (Å²) in [5.74, 6) is 0.512. The van der Waals surface area contributed by atoms with Crippen LogP contribution in [0.1, 0.15) is 241 Å². The largest absolute Gasteiger partial charge is 0.465 e. The number of allylic oxidation sites excluding steroid dienone is 1. The van der Waals surface area contributed by atoms with Gasteiger partial charge >= 0.3 is 11.9 Å². The van der Waals surface area contributed by atoms with Gasteiger partial charge in [0, 0.05) is 57.9 Å². The number of carbonyl (C=O) groups excluding carboxylic acids is 3. The van der Waals surface area contributed by atoms with Gasteiger partial charge in [0.2, 0.25) is 5.91 Å². The molecule has 0 rings (SSSR count). The number of aliphatic hydroxyl groups excluding tert-OH is 1. The molecule has 1 atom stereocenters. The third-order valence-electron chi connectivity index (χ3n) is 12.6. The molecule has 0 aromatic rings. The van der Waals surface area contributed by atoms with Crippen molar-refractivity contribution < 1.29 is 29.0 Å². The zero-order valence-corrected chi connectivity index (χ0v) is 42.6. The van der Waals surface area contributed by atoms with E-state index in [4.69, 9.17) is 9.47 Å². The highest BCUT2D eigenvalue weighted by atomic mass is 16.5. The van der Waals surface area contributed by atoms with Crippen LogP contribution in [-0.2, 0) is 23.9 Å². The van der Waals surface area contributed by atoms with Gasteiger partial charge in [-0.05, 0) is 84.2 Å². The van der Waals surface area contributed by atoms with Gasteiger partial charge in [-0.2, -0.15) is 0 Å². The number of carbonyl (C=O) groups is 3. The lowest BCUT2D eigenvalue weighted by Gasteiger charge is -2.27. The van der Waals surface area contributed by atoms with Crippen LogP contribution in [0.4, 0.5) is 0 Å². The Morgan fingerprint density at radius 2 is 0.905 bits per heavy atom. The molecule has 9 heteroatoms. The Morgan fingerprint density at radius 3 is 1.44 bits per heavy atom. The first-order valence-electron chi connectivity index (χ1n) is 27.0. The van der Waals surface area contributed by atoms with Crippen LogP contribution in [0.25, 0.3) is 0 Å². The SMILES string of the molecule is CCCCCCCCC(CCCCCC)CNC(=O)CCCCCN(CC=C(C)C)CCN(CCO)CCCCC(COC(=O)CCCCCCC)COC(=O)CCCCCCC. The molecule has 0 spiro atoms. The fourth-order valence-corrected chi connectivity index (χ4v) is 8.23. The van der Waals surface area contributed by atoms with Crippen molar-refractivity contribution in [3.05, 3.63) is 11.6 Å². The molecule has 2 N–H and O–H groups in total. The van der Waals surface area contributed by atoms with Crippen LogP contribution in [0.2, 0.25) is 0 Å². The molecular formula is C54H105N3O6. The van der Waals surface area contributed by atoms with Gasteiger partial charge in [-0.15, -0.1) is 0 Å². The molecule has 0 aromatic carbocycles. The van der Waals surface area contributed by atoms with Crippen molar-refractivity contribution in [2.45, 2.75) is 241 Å². The van der Waals surface area contributed by atoms with Crippen LogP contribution in [0.15, 0.2) is 11.6 Å². The fourth-order valence-electron chi connectivity index (χ4n) is 8.23. The van der Waals surface area contributed by atoms with Gasteiger partial charge in [0.05, 0.1) is 19.8 Å². The normalized spacial score (nSPS) is 12.0. The number of nitrogens with one attached hydrogen (secondary N) is 1. The van der Waals surface area contributed by atoms with Gasteiger partial charge in [0.15, 0.2) is 0 Å². The molecule has 0 aliphatic heterocycles. The monoisotopic (exact) mass is 892 g/mol. The highest BCUT2D eigenvalue weighted by Gasteiger charge is 2.17. The van der Waals surface area contributed by atoms with E-state index in [1.54, 1.807) is 0 Å². The maximum atomic E-state index is 12.9. The maximum Gasteiger partial charge on any atom is 0.305 e. The molecule has 0 saturated heterocycles. The summed E-state index contributed by atoms with van der Waals surface area (Å²) in [5.41, 5.74) is 1.31. The molecule has 9 nitrogen and oxygen atoms in total. The predicted octanol–water partition coefficient (Wildman–Crippen LogP) is 13.2. The average Bonchev–Trinajstić information content (AvgIpc) is 3.27. The maximum absolute atomic E-state index is 12.9. The number of aliphatic hydroxyl groups is 1. The third-order valence-corrected chi connectivity index (χ3v) is 12.6. The molecule has 0 saturated carbocycles. The molecule has 372 valence electrons. The van der Waals surface area contributed by atoms with Gasteiger partial charge in [-0.1, -0.05) is 168 Å². The summed E-state index contributed by atoms with van der Waals surface area (Å²) < 4.78 is 11.4. The van der Waals surface area contributed by atoms with E-state index in [9.17, 15) is 19.5 Å². The van der Waals surface area contributed by atoms with Gasteiger partial charge in [-0.3, -0.25) is 24.2 Å². The van der Waals surface area contributed by atoms with Crippen molar-refractivity contribution in [2.24, 2.45) is 11.8 Å². The van der Waals surface area contributed by atoms with E-state index in [-0.39, 0.29) is 30.4 Å². The summed E-state index contributed by atoms with van der Waals surface area (Å²) in [6, 6.07) is 0. The van der Waals surface area contributed by atoms with E-state index in [2.05, 4.69) is 62.7 Å². The smallest absolute Gasteiger partial charge is 0.305 e. The first kappa shape index (κ1) is 61.0. The Labute approximate surface area is 390 Å². The standard InChI is InChI=1S/C54H105N3O6/c1-7-11-15-19-22-25-33-50(32-24-18-14-10-4)46-55-52(59)35-26-23-30-39-56(41-38-49(5)6)42-43-57(44-45-58)40-31-29-34-51(47-62-53(60)36-27-20-16-12-8-2)48-63-54(61)37-28-21-17-13-9-3/h38,50-51,58H,7-37,39-48H2,1-6H3,(H,55,59). The van der Waals surface area contributed by atoms with Crippen molar-refractivity contribution in [3.8, 4) is 0 Å². The van der Waals surface area contributed by atoms with Crippen LogP contribution in [-0.4, -0.2) is 98.4 Å². The lowest BCUT2D eigenvalue weighted by molar-refractivity contribution is -0.149. The van der Waals surface area contributed by atoms with E-state index >= 15 is 0 Å². The highest BCUT2D eigenvalue weighted by molar-refractivity contribution is 5.75. The second-order valence-electron chi connectivity index (χ2n) is 19.1. The van der Waals surface area contributed by atoms with E-state index in [0.29, 0.717) is 44.9 Å². The molecule has 1 unspecified atom stereocenters. The number of rotatable bonds is 48.